The highest BCUT2D eigenvalue weighted by Gasteiger charge is 2.45. The van der Waals surface area contributed by atoms with Gasteiger partial charge in [0.25, 0.3) is 5.91 Å². The van der Waals surface area contributed by atoms with Crippen LogP contribution in [0.4, 0.5) is 18.9 Å². The quantitative estimate of drug-likeness (QED) is 0.670. The zero-order valence-corrected chi connectivity index (χ0v) is 17.3. The van der Waals surface area contributed by atoms with Crippen LogP contribution in [0.25, 0.3) is 0 Å². The van der Waals surface area contributed by atoms with Gasteiger partial charge in [-0.25, -0.2) is 0 Å². The van der Waals surface area contributed by atoms with Gasteiger partial charge in [-0.3, -0.25) is 14.4 Å². The lowest BCUT2D eigenvalue weighted by molar-refractivity contribution is -0.160. The van der Waals surface area contributed by atoms with Crippen molar-refractivity contribution in [3.05, 3.63) is 29.8 Å². The molecule has 0 unspecified atom stereocenters. The average Bonchev–Trinajstić information content (AvgIpc) is 3.07. The second-order valence-electron chi connectivity index (χ2n) is 8.63. The summed E-state index contributed by atoms with van der Waals surface area (Å²) in [4.78, 5) is 37.1. The Balaban J connectivity index is 1.99. The Morgan fingerprint density at radius 2 is 1.63 bits per heavy atom. The fourth-order valence-corrected chi connectivity index (χ4v) is 3.58. The van der Waals surface area contributed by atoms with Gasteiger partial charge in [-0.1, -0.05) is 25.0 Å². The SMILES string of the molecule is CC(C)(C)NC(=O)CC1(C(=O)OCC(=O)Nc2ccccc2C(F)(F)F)CCCC1. The number of halogens is 3. The monoisotopic (exact) mass is 428 g/mol. The molecular weight excluding hydrogens is 401 g/mol. The lowest BCUT2D eigenvalue weighted by Gasteiger charge is -2.28. The van der Waals surface area contributed by atoms with Crippen molar-refractivity contribution in [2.45, 2.75) is 64.6 Å². The summed E-state index contributed by atoms with van der Waals surface area (Å²) in [5, 5.41) is 4.94. The van der Waals surface area contributed by atoms with Crippen LogP contribution >= 0.6 is 0 Å². The Morgan fingerprint density at radius 3 is 2.20 bits per heavy atom. The number of hydrogen-bond donors (Lipinski definition) is 2. The maximum absolute atomic E-state index is 13.0. The van der Waals surface area contributed by atoms with Gasteiger partial charge in [-0.15, -0.1) is 0 Å². The number of rotatable bonds is 6. The molecule has 0 bridgehead atoms. The van der Waals surface area contributed by atoms with Crippen LogP contribution in [0.15, 0.2) is 24.3 Å². The second-order valence-corrected chi connectivity index (χ2v) is 8.63. The van der Waals surface area contributed by atoms with Crippen molar-refractivity contribution < 1.29 is 32.3 Å². The van der Waals surface area contributed by atoms with E-state index in [9.17, 15) is 27.6 Å². The summed E-state index contributed by atoms with van der Waals surface area (Å²) in [6.45, 7) is 4.75. The molecule has 1 aromatic rings. The first-order chi connectivity index (χ1) is 13.8. The van der Waals surface area contributed by atoms with Crippen molar-refractivity contribution in [2.24, 2.45) is 5.41 Å². The molecule has 2 amide bonds. The Morgan fingerprint density at radius 1 is 1.03 bits per heavy atom. The van der Waals surface area contributed by atoms with Gasteiger partial charge in [0.2, 0.25) is 5.91 Å². The molecule has 1 aromatic carbocycles. The molecule has 9 heteroatoms. The number of para-hydroxylation sites is 1. The number of carbonyl (C=O) groups excluding carboxylic acids is 3. The van der Waals surface area contributed by atoms with Crippen LogP contribution in [0.2, 0.25) is 0 Å². The summed E-state index contributed by atoms with van der Waals surface area (Å²) >= 11 is 0. The lowest BCUT2D eigenvalue weighted by Crippen LogP contribution is -2.44. The van der Waals surface area contributed by atoms with Gasteiger partial charge in [0.1, 0.15) is 0 Å². The van der Waals surface area contributed by atoms with Crippen molar-refractivity contribution >= 4 is 23.5 Å². The van der Waals surface area contributed by atoms with Gasteiger partial charge in [-0.2, -0.15) is 13.2 Å². The van der Waals surface area contributed by atoms with Gasteiger partial charge in [-0.05, 0) is 45.7 Å². The van der Waals surface area contributed by atoms with E-state index in [-0.39, 0.29) is 12.3 Å². The minimum Gasteiger partial charge on any atom is -0.455 e. The molecule has 2 rings (SSSR count). The maximum atomic E-state index is 13.0. The molecule has 1 fully saturated rings. The van der Waals surface area contributed by atoms with E-state index in [4.69, 9.17) is 4.74 Å². The van der Waals surface area contributed by atoms with E-state index in [0.29, 0.717) is 12.8 Å². The third kappa shape index (κ3) is 6.47. The summed E-state index contributed by atoms with van der Waals surface area (Å²) in [6, 6.07) is 4.55. The van der Waals surface area contributed by atoms with Crippen LogP contribution in [0.3, 0.4) is 0 Å². The summed E-state index contributed by atoms with van der Waals surface area (Å²) in [5.41, 5.74) is -2.87. The highest BCUT2D eigenvalue weighted by atomic mass is 19.4. The highest BCUT2D eigenvalue weighted by Crippen LogP contribution is 2.42. The summed E-state index contributed by atoms with van der Waals surface area (Å²) in [6.07, 6.45) is -2.26. The van der Waals surface area contributed by atoms with Gasteiger partial charge in [0, 0.05) is 12.0 Å². The molecule has 6 nitrogen and oxygen atoms in total. The average molecular weight is 428 g/mol. The zero-order valence-electron chi connectivity index (χ0n) is 17.3. The summed E-state index contributed by atoms with van der Waals surface area (Å²) < 4.78 is 44.2. The van der Waals surface area contributed by atoms with Crippen molar-refractivity contribution in [3.63, 3.8) is 0 Å². The molecule has 166 valence electrons. The number of benzene rings is 1. The number of hydrogen-bond acceptors (Lipinski definition) is 4. The fraction of sp³-hybridized carbons (Fsp3) is 0.571. The van der Waals surface area contributed by atoms with Crippen LogP contribution in [-0.4, -0.2) is 29.9 Å². The van der Waals surface area contributed by atoms with E-state index in [0.717, 1.165) is 25.0 Å². The Bertz CT molecular complexity index is 794. The van der Waals surface area contributed by atoms with Crippen molar-refractivity contribution in [1.29, 1.82) is 0 Å². The van der Waals surface area contributed by atoms with Gasteiger partial charge in [0.05, 0.1) is 16.7 Å². The lowest BCUT2D eigenvalue weighted by atomic mass is 9.82. The third-order valence-corrected chi connectivity index (χ3v) is 4.85. The normalized spacial score (nSPS) is 16.1. The summed E-state index contributed by atoms with van der Waals surface area (Å²) in [5.74, 6) is -1.85. The number of nitrogens with one attached hydrogen (secondary N) is 2. The molecule has 0 saturated heterocycles. The van der Waals surface area contributed by atoms with Crippen LogP contribution in [0.1, 0.15) is 58.4 Å². The van der Waals surface area contributed by atoms with Crippen LogP contribution in [0, 0.1) is 5.41 Å². The van der Waals surface area contributed by atoms with E-state index in [1.54, 1.807) is 0 Å². The van der Waals surface area contributed by atoms with E-state index < -0.39 is 46.9 Å². The van der Waals surface area contributed by atoms with Crippen molar-refractivity contribution in [3.8, 4) is 0 Å². The second kappa shape index (κ2) is 9.06. The van der Waals surface area contributed by atoms with Gasteiger partial charge >= 0.3 is 12.1 Å². The smallest absolute Gasteiger partial charge is 0.418 e. The number of anilines is 1. The molecule has 0 atom stereocenters. The zero-order chi connectivity index (χ0) is 22.6. The first-order valence-corrected chi connectivity index (χ1v) is 9.77. The number of carbonyl (C=O) groups is 3. The molecule has 1 aliphatic rings. The minimum atomic E-state index is -4.63. The molecule has 0 spiro atoms. The molecular formula is C21H27F3N2O4. The highest BCUT2D eigenvalue weighted by molar-refractivity contribution is 5.94. The van der Waals surface area contributed by atoms with Crippen LogP contribution in [-0.2, 0) is 25.3 Å². The van der Waals surface area contributed by atoms with Gasteiger partial charge in [0.15, 0.2) is 6.61 Å². The predicted octanol–water partition coefficient (Wildman–Crippen LogP) is 4.05. The number of alkyl halides is 3. The maximum Gasteiger partial charge on any atom is 0.418 e. The first-order valence-electron chi connectivity index (χ1n) is 9.77. The Kier molecular flexibility index (Phi) is 7.15. The fourth-order valence-electron chi connectivity index (χ4n) is 3.58. The molecule has 0 aliphatic heterocycles. The minimum absolute atomic E-state index is 0.0539. The Labute approximate surface area is 173 Å². The van der Waals surface area contributed by atoms with E-state index >= 15 is 0 Å². The van der Waals surface area contributed by atoms with Crippen molar-refractivity contribution in [2.75, 3.05) is 11.9 Å². The van der Waals surface area contributed by atoms with Gasteiger partial charge < -0.3 is 15.4 Å². The molecule has 0 aromatic heterocycles. The largest absolute Gasteiger partial charge is 0.455 e. The van der Waals surface area contributed by atoms with E-state index in [1.807, 2.05) is 20.8 Å². The number of ether oxygens (including phenoxy) is 1. The molecule has 1 aliphatic carbocycles. The van der Waals surface area contributed by atoms with E-state index in [1.165, 1.54) is 12.1 Å². The summed E-state index contributed by atoms with van der Waals surface area (Å²) in [7, 11) is 0. The molecule has 1 saturated carbocycles. The molecule has 30 heavy (non-hydrogen) atoms. The van der Waals surface area contributed by atoms with E-state index in [2.05, 4.69) is 10.6 Å². The topological polar surface area (TPSA) is 84.5 Å². The standard InChI is InChI=1S/C21H27F3N2O4/c1-19(2,3)26-16(27)12-20(10-6-7-11-20)18(29)30-13-17(28)25-15-9-5-4-8-14(15)21(22,23)24/h4-5,8-9H,6-7,10-13H2,1-3H3,(H,25,28)(H,26,27). The third-order valence-electron chi connectivity index (χ3n) is 4.85. The van der Waals surface area contributed by atoms with Crippen LogP contribution in [0.5, 0.6) is 0 Å². The number of esters is 1. The number of amides is 2. The van der Waals surface area contributed by atoms with Crippen molar-refractivity contribution in [1.82, 2.24) is 5.32 Å². The molecule has 2 N–H and O–H groups in total. The Hall–Kier alpha value is -2.58. The van der Waals surface area contributed by atoms with Crippen LogP contribution < -0.4 is 10.6 Å². The predicted molar refractivity (Wildman–Crippen MR) is 104 cm³/mol. The molecule has 0 heterocycles. The first kappa shape index (κ1) is 23.7. The molecule has 0 radical (unpaired) electrons.